The molecular weight excluding hydrogens is 238 g/mol. The van der Waals surface area contributed by atoms with Crippen LogP contribution in [0.1, 0.15) is 29.0 Å². The summed E-state index contributed by atoms with van der Waals surface area (Å²) in [5.41, 5.74) is 1.48. The first-order valence-corrected chi connectivity index (χ1v) is 6.21. The molecule has 0 saturated heterocycles. The molecular formula is C15H17N3O. The van der Waals surface area contributed by atoms with Crippen molar-refractivity contribution in [2.45, 2.75) is 13.0 Å². The molecule has 0 bridgehead atoms. The number of benzene rings is 1. The van der Waals surface area contributed by atoms with Crippen molar-refractivity contribution in [2.24, 2.45) is 0 Å². The van der Waals surface area contributed by atoms with Crippen LogP contribution in [0.4, 0.5) is 5.82 Å². The SMILES string of the molecule is CNc1cccc(C(=O)NC(C)c2ccccc2)n1. The van der Waals surface area contributed by atoms with Crippen LogP contribution in [0.25, 0.3) is 0 Å². The zero-order chi connectivity index (χ0) is 13.7. The molecule has 0 saturated carbocycles. The van der Waals surface area contributed by atoms with E-state index in [0.717, 1.165) is 5.56 Å². The number of pyridine rings is 1. The Morgan fingerprint density at radius 3 is 2.53 bits per heavy atom. The van der Waals surface area contributed by atoms with E-state index in [0.29, 0.717) is 11.5 Å². The number of hydrogen-bond acceptors (Lipinski definition) is 3. The van der Waals surface area contributed by atoms with E-state index in [1.54, 1.807) is 19.2 Å². The number of nitrogens with one attached hydrogen (secondary N) is 2. The lowest BCUT2D eigenvalue weighted by Gasteiger charge is -2.14. The Morgan fingerprint density at radius 1 is 1.11 bits per heavy atom. The van der Waals surface area contributed by atoms with E-state index in [1.165, 1.54) is 0 Å². The summed E-state index contributed by atoms with van der Waals surface area (Å²) in [5, 5.41) is 5.85. The number of aromatic nitrogens is 1. The molecule has 2 N–H and O–H groups in total. The van der Waals surface area contributed by atoms with Gasteiger partial charge >= 0.3 is 0 Å². The van der Waals surface area contributed by atoms with Crippen LogP contribution < -0.4 is 10.6 Å². The molecule has 0 radical (unpaired) electrons. The minimum absolute atomic E-state index is 0.0475. The fourth-order valence-corrected chi connectivity index (χ4v) is 1.80. The zero-order valence-electron chi connectivity index (χ0n) is 11.1. The van der Waals surface area contributed by atoms with Crippen molar-refractivity contribution in [1.82, 2.24) is 10.3 Å². The summed E-state index contributed by atoms with van der Waals surface area (Å²) in [6.07, 6.45) is 0. The van der Waals surface area contributed by atoms with Crippen LogP contribution in [0, 0.1) is 0 Å². The number of amides is 1. The number of hydrogen-bond donors (Lipinski definition) is 2. The lowest BCUT2D eigenvalue weighted by atomic mass is 10.1. The molecule has 4 nitrogen and oxygen atoms in total. The third-order valence-electron chi connectivity index (χ3n) is 2.89. The first kappa shape index (κ1) is 13.1. The molecule has 0 spiro atoms. The third-order valence-corrected chi connectivity index (χ3v) is 2.89. The molecule has 19 heavy (non-hydrogen) atoms. The van der Waals surface area contributed by atoms with Crippen molar-refractivity contribution in [1.29, 1.82) is 0 Å². The van der Waals surface area contributed by atoms with Crippen LogP contribution in [0.3, 0.4) is 0 Å². The van der Waals surface area contributed by atoms with Gasteiger partial charge in [-0.25, -0.2) is 4.98 Å². The molecule has 1 atom stereocenters. The van der Waals surface area contributed by atoms with Gasteiger partial charge in [-0.05, 0) is 24.6 Å². The fourth-order valence-electron chi connectivity index (χ4n) is 1.80. The molecule has 0 aliphatic rings. The van der Waals surface area contributed by atoms with Crippen LogP contribution in [0.5, 0.6) is 0 Å². The molecule has 1 heterocycles. The largest absolute Gasteiger partial charge is 0.373 e. The Kier molecular flexibility index (Phi) is 4.13. The van der Waals surface area contributed by atoms with Crippen molar-refractivity contribution in [3.63, 3.8) is 0 Å². The van der Waals surface area contributed by atoms with Crippen molar-refractivity contribution >= 4 is 11.7 Å². The van der Waals surface area contributed by atoms with Crippen molar-refractivity contribution in [3.05, 3.63) is 59.8 Å². The van der Waals surface area contributed by atoms with Crippen molar-refractivity contribution in [2.75, 3.05) is 12.4 Å². The van der Waals surface area contributed by atoms with Gasteiger partial charge in [0.05, 0.1) is 6.04 Å². The zero-order valence-corrected chi connectivity index (χ0v) is 11.1. The quantitative estimate of drug-likeness (QED) is 0.883. The predicted molar refractivity (Wildman–Crippen MR) is 76.1 cm³/mol. The summed E-state index contributed by atoms with van der Waals surface area (Å²) in [7, 11) is 1.77. The molecule has 1 amide bonds. The molecule has 98 valence electrons. The van der Waals surface area contributed by atoms with Gasteiger partial charge in [0.1, 0.15) is 11.5 Å². The maximum atomic E-state index is 12.1. The van der Waals surface area contributed by atoms with Crippen molar-refractivity contribution < 1.29 is 4.79 Å². The normalized spacial score (nSPS) is 11.7. The second-order valence-electron chi connectivity index (χ2n) is 4.26. The Bertz CT molecular complexity index is 554. The summed E-state index contributed by atoms with van der Waals surface area (Å²) in [4.78, 5) is 16.3. The second kappa shape index (κ2) is 6.00. The number of nitrogens with zero attached hydrogens (tertiary/aromatic N) is 1. The molecule has 1 aromatic heterocycles. The minimum Gasteiger partial charge on any atom is -0.373 e. The predicted octanol–water partition coefficient (Wildman–Crippen LogP) is 2.61. The van der Waals surface area contributed by atoms with E-state index in [4.69, 9.17) is 0 Å². The number of rotatable bonds is 4. The van der Waals surface area contributed by atoms with Gasteiger partial charge in [-0.15, -0.1) is 0 Å². The average molecular weight is 255 g/mol. The molecule has 4 heteroatoms. The van der Waals surface area contributed by atoms with Gasteiger partial charge in [-0.2, -0.15) is 0 Å². The molecule has 2 aromatic rings. The van der Waals surface area contributed by atoms with E-state index in [9.17, 15) is 4.79 Å². The number of carbonyl (C=O) groups is 1. The maximum absolute atomic E-state index is 12.1. The van der Waals surface area contributed by atoms with Crippen LogP contribution in [-0.2, 0) is 0 Å². The van der Waals surface area contributed by atoms with E-state index in [2.05, 4.69) is 15.6 Å². The van der Waals surface area contributed by atoms with E-state index < -0.39 is 0 Å². The Morgan fingerprint density at radius 2 is 1.84 bits per heavy atom. The first-order chi connectivity index (χ1) is 9.20. The van der Waals surface area contributed by atoms with Crippen LogP contribution in [0.2, 0.25) is 0 Å². The van der Waals surface area contributed by atoms with E-state index >= 15 is 0 Å². The number of carbonyl (C=O) groups excluding carboxylic acids is 1. The Labute approximate surface area is 112 Å². The highest BCUT2D eigenvalue weighted by Gasteiger charge is 2.12. The van der Waals surface area contributed by atoms with E-state index in [-0.39, 0.29) is 11.9 Å². The van der Waals surface area contributed by atoms with E-state index in [1.807, 2.05) is 43.3 Å². The van der Waals surface area contributed by atoms with Crippen LogP contribution >= 0.6 is 0 Å². The first-order valence-electron chi connectivity index (χ1n) is 6.21. The highest BCUT2D eigenvalue weighted by molar-refractivity contribution is 5.92. The average Bonchev–Trinajstić information content (AvgIpc) is 2.48. The van der Waals surface area contributed by atoms with Gasteiger partial charge in [-0.1, -0.05) is 36.4 Å². The van der Waals surface area contributed by atoms with Gasteiger partial charge in [0.2, 0.25) is 0 Å². The van der Waals surface area contributed by atoms with Gasteiger partial charge in [-0.3, -0.25) is 4.79 Å². The standard InChI is InChI=1S/C15H17N3O/c1-11(12-7-4-3-5-8-12)17-15(19)13-9-6-10-14(16-2)18-13/h3-11H,1-2H3,(H,16,18)(H,17,19). The second-order valence-corrected chi connectivity index (χ2v) is 4.26. The minimum atomic E-state index is -0.173. The highest BCUT2D eigenvalue weighted by atomic mass is 16.1. The summed E-state index contributed by atoms with van der Waals surface area (Å²) in [6, 6.07) is 15.1. The fraction of sp³-hybridized carbons (Fsp3) is 0.200. The van der Waals surface area contributed by atoms with Gasteiger partial charge in [0.15, 0.2) is 0 Å². The molecule has 1 aromatic carbocycles. The topological polar surface area (TPSA) is 54.0 Å². The number of anilines is 1. The molecule has 0 fully saturated rings. The summed E-state index contributed by atoms with van der Waals surface area (Å²) >= 11 is 0. The molecule has 2 rings (SSSR count). The molecule has 0 aliphatic carbocycles. The summed E-state index contributed by atoms with van der Waals surface area (Å²) < 4.78 is 0. The monoisotopic (exact) mass is 255 g/mol. The van der Waals surface area contributed by atoms with Gasteiger partial charge in [0.25, 0.3) is 5.91 Å². The highest BCUT2D eigenvalue weighted by Crippen LogP contribution is 2.12. The Hall–Kier alpha value is -2.36. The molecule has 0 aliphatic heterocycles. The lowest BCUT2D eigenvalue weighted by molar-refractivity contribution is 0.0935. The smallest absolute Gasteiger partial charge is 0.270 e. The lowest BCUT2D eigenvalue weighted by Crippen LogP contribution is -2.27. The Balaban J connectivity index is 2.08. The molecule has 1 unspecified atom stereocenters. The van der Waals surface area contributed by atoms with Gasteiger partial charge < -0.3 is 10.6 Å². The van der Waals surface area contributed by atoms with Gasteiger partial charge in [0, 0.05) is 7.05 Å². The summed E-state index contributed by atoms with van der Waals surface area (Å²) in [5.74, 6) is 0.508. The third kappa shape index (κ3) is 3.31. The maximum Gasteiger partial charge on any atom is 0.270 e. The van der Waals surface area contributed by atoms with Crippen LogP contribution in [-0.4, -0.2) is 17.9 Å². The van der Waals surface area contributed by atoms with Crippen molar-refractivity contribution in [3.8, 4) is 0 Å². The van der Waals surface area contributed by atoms with Crippen LogP contribution in [0.15, 0.2) is 48.5 Å². The summed E-state index contributed by atoms with van der Waals surface area (Å²) in [6.45, 7) is 1.95.